The molecular weight excluding hydrogens is 240 g/mol. The number of hydrogen-bond donors (Lipinski definition) is 2. The lowest BCUT2D eigenvalue weighted by molar-refractivity contribution is 1.10. The topological polar surface area (TPSA) is 76.2 Å². The zero-order valence-electron chi connectivity index (χ0n) is 10.8. The number of H-pyrrole nitrogens is 1. The molecule has 0 spiro atoms. The number of nitrogens with two attached hydrogens (primary N) is 1. The van der Waals surface area contributed by atoms with Crippen molar-refractivity contribution in [3.8, 4) is 11.1 Å². The summed E-state index contributed by atoms with van der Waals surface area (Å²) >= 11 is 0. The Morgan fingerprint density at radius 1 is 1.26 bits per heavy atom. The highest BCUT2D eigenvalue weighted by atomic mass is 16.1. The van der Waals surface area contributed by atoms with E-state index in [9.17, 15) is 4.79 Å². The third-order valence-corrected chi connectivity index (χ3v) is 3.34. The predicted octanol–water partition coefficient (Wildman–Crippen LogP) is 1.89. The lowest BCUT2D eigenvalue weighted by Gasteiger charge is -2.06. The zero-order chi connectivity index (χ0) is 13.6. The first-order valence-corrected chi connectivity index (χ1v) is 6.00. The molecule has 0 bridgehead atoms. The summed E-state index contributed by atoms with van der Waals surface area (Å²) in [6.45, 7) is 3.97. The van der Waals surface area contributed by atoms with E-state index < -0.39 is 0 Å². The number of aromatic amines is 1. The molecule has 0 aliphatic heterocycles. The number of hydrogen-bond acceptors (Lipinski definition) is 3. The molecular formula is C14H14N4O. The first-order chi connectivity index (χ1) is 9.06. The first kappa shape index (κ1) is 11.5. The van der Waals surface area contributed by atoms with Gasteiger partial charge in [-0.05, 0) is 31.5 Å². The minimum absolute atomic E-state index is 0.118. The predicted molar refractivity (Wildman–Crippen MR) is 75.1 cm³/mol. The maximum atomic E-state index is 11.1. The Hall–Kier alpha value is -2.56. The fourth-order valence-electron chi connectivity index (χ4n) is 2.14. The van der Waals surface area contributed by atoms with Crippen molar-refractivity contribution in [2.45, 2.75) is 13.8 Å². The van der Waals surface area contributed by atoms with Gasteiger partial charge in [0.05, 0.1) is 11.4 Å². The van der Waals surface area contributed by atoms with E-state index in [1.54, 1.807) is 12.3 Å². The molecule has 0 aliphatic rings. The number of pyridine rings is 2. The van der Waals surface area contributed by atoms with E-state index in [-0.39, 0.29) is 5.56 Å². The summed E-state index contributed by atoms with van der Waals surface area (Å²) in [7, 11) is 0. The molecule has 3 aromatic rings. The number of rotatable bonds is 1. The second-order valence-corrected chi connectivity index (χ2v) is 4.60. The van der Waals surface area contributed by atoms with Gasteiger partial charge in [0.2, 0.25) is 5.56 Å². The average Bonchev–Trinajstić information content (AvgIpc) is 2.68. The molecule has 96 valence electrons. The third kappa shape index (κ3) is 1.79. The highest BCUT2D eigenvalue weighted by molar-refractivity contribution is 5.74. The van der Waals surface area contributed by atoms with E-state index in [4.69, 9.17) is 5.73 Å². The first-order valence-electron chi connectivity index (χ1n) is 6.00. The van der Waals surface area contributed by atoms with E-state index in [0.717, 1.165) is 28.2 Å². The quantitative estimate of drug-likeness (QED) is 0.696. The summed E-state index contributed by atoms with van der Waals surface area (Å²) in [5.41, 5.74) is 11.2. The smallest absolute Gasteiger partial charge is 0.247 e. The van der Waals surface area contributed by atoms with Gasteiger partial charge in [0.15, 0.2) is 5.65 Å². The van der Waals surface area contributed by atoms with Crippen LogP contribution >= 0.6 is 0 Å². The summed E-state index contributed by atoms with van der Waals surface area (Å²) < 4.78 is 1.98. The molecule has 19 heavy (non-hydrogen) atoms. The van der Waals surface area contributed by atoms with Crippen LogP contribution in [-0.2, 0) is 0 Å². The van der Waals surface area contributed by atoms with Crippen LogP contribution in [0.5, 0.6) is 0 Å². The SMILES string of the molecule is Cc1nc2c(N)cc(-c3ccc(=O)[nH]c3)cn2c1C. The van der Waals surface area contributed by atoms with Crippen LogP contribution in [-0.4, -0.2) is 14.4 Å². The Bertz CT molecular complexity index is 809. The van der Waals surface area contributed by atoms with Gasteiger partial charge < -0.3 is 15.1 Å². The van der Waals surface area contributed by atoms with Gasteiger partial charge in [0, 0.05) is 29.7 Å². The fourth-order valence-corrected chi connectivity index (χ4v) is 2.14. The lowest BCUT2D eigenvalue weighted by Crippen LogP contribution is -2.02. The molecule has 0 aromatic carbocycles. The minimum atomic E-state index is -0.118. The van der Waals surface area contributed by atoms with Crippen LogP contribution in [0.4, 0.5) is 5.69 Å². The summed E-state index contributed by atoms with van der Waals surface area (Å²) in [4.78, 5) is 18.2. The van der Waals surface area contributed by atoms with Crippen LogP contribution < -0.4 is 11.3 Å². The van der Waals surface area contributed by atoms with E-state index >= 15 is 0 Å². The van der Waals surface area contributed by atoms with Crippen molar-refractivity contribution in [2.24, 2.45) is 0 Å². The van der Waals surface area contributed by atoms with Gasteiger partial charge >= 0.3 is 0 Å². The van der Waals surface area contributed by atoms with Gasteiger partial charge in [-0.2, -0.15) is 0 Å². The number of aromatic nitrogens is 3. The third-order valence-electron chi connectivity index (χ3n) is 3.34. The largest absolute Gasteiger partial charge is 0.396 e. The van der Waals surface area contributed by atoms with E-state index in [2.05, 4.69) is 9.97 Å². The highest BCUT2D eigenvalue weighted by Crippen LogP contribution is 2.25. The Morgan fingerprint density at radius 2 is 2.05 bits per heavy atom. The van der Waals surface area contributed by atoms with Gasteiger partial charge in [-0.15, -0.1) is 0 Å². The molecule has 0 fully saturated rings. The van der Waals surface area contributed by atoms with Crippen LogP contribution in [0.25, 0.3) is 16.8 Å². The molecule has 0 amide bonds. The van der Waals surface area contributed by atoms with E-state index in [0.29, 0.717) is 5.69 Å². The summed E-state index contributed by atoms with van der Waals surface area (Å²) in [5.74, 6) is 0. The molecule has 0 atom stereocenters. The van der Waals surface area contributed by atoms with Gasteiger partial charge in [0.1, 0.15) is 0 Å². The Morgan fingerprint density at radius 3 is 2.74 bits per heavy atom. The summed E-state index contributed by atoms with van der Waals surface area (Å²) in [5, 5.41) is 0. The number of imidazole rings is 1. The van der Waals surface area contributed by atoms with Gasteiger partial charge in [-0.1, -0.05) is 0 Å². The van der Waals surface area contributed by atoms with E-state index in [1.165, 1.54) is 6.07 Å². The van der Waals surface area contributed by atoms with Crippen molar-refractivity contribution in [3.63, 3.8) is 0 Å². The molecule has 3 N–H and O–H groups in total. The molecule has 3 aromatic heterocycles. The van der Waals surface area contributed by atoms with Crippen molar-refractivity contribution < 1.29 is 0 Å². The molecule has 0 aliphatic carbocycles. The zero-order valence-corrected chi connectivity index (χ0v) is 10.8. The number of fused-ring (bicyclic) bond motifs is 1. The minimum Gasteiger partial charge on any atom is -0.396 e. The van der Waals surface area contributed by atoms with Crippen molar-refractivity contribution in [2.75, 3.05) is 5.73 Å². The average molecular weight is 254 g/mol. The summed E-state index contributed by atoms with van der Waals surface area (Å²) in [6.07, 6.45) is 3.66. The molecule has 0 radical (unpaired) electrons. The normalized spacial score (nSPS) is 11.1. The molecule has 5 nitrogen and oxygen atoms in total. The van der Waals surface area contributed by atoms with Gasteiger partial charge in [0.25, 0.3) is 0 Å². The van der Waals surface area contributed by atoms with Crippen LogP contribution in [0.3, 0.4) is 0 Å². The standard InChI is InChI=1S/C14H14N4O/c1-8-9(2)18-7-11(5-12(15)14(18)17-8)10-3-4-13(19)16-6-10/h3-7H,15H2,1-2H3,(H,16,19). The maximum Gasteiger partial charge on any atom is 0.247 e. The highest BCUT2D eigenvalue weighted by Gasteiger charge is 2.09. The Kier molecular flexibility index (Phi) is 2.41. The van der Waals surface area contributed by atoms with Gasteiger partial charge in [-0.3, -0.25) is 4.79 Å². The van der Waals surface area contributed by atoms with E-state index in [1.807, 2.05) is 30.5 Å². The van der Waals surface area contributed by atoms with Crippen molar-refractivity contribution in [1.82, 2.24) is 14.4 Å². The number of anilines is 1. The maximum absolute atomic E-state index is 11.1. The molecule has 5 heteroatoms. The second kappa shape index (κ2) is 3.98. The molecule has 3 rings (SSSR count). The molecule has 3 heterocycles. The van der Waals surface area contributed by atoms with Crippen LogP contribution in [0.1, 0.15) is 11.4 Å². The Labute approximate surface area is 109 Å². The number of aryl methyl sites for hydroxylation is 2. The van der Waals surface area contributed by atoms with Crippen molar-refractivity contribution in [1.29, 1.82) is 0 Å². The summed E-state index contributed by atoms with van der Waals surface area (Å²) in [6, 6.07) is 5.15. The van der Waals surface area contributed by atoms with Crippen LogP contribution in [0.2, 0.25) is 0 Å². The van der Waals surface area contributed by atoms with Gasteiger partial charge in [-0.25, -0.2) is 4.98 Å². The second-order valence-electron chi connectivity index (χ2n) is 4.60. The van der Waals surface area contributed by atoms with Crippen LogP contribution in [0, 0.1) is 13.8 Å². The van der Waals surface area contributed by atoms with Crippen LogP contribution in [0.15, 0.2) is 35.4 Å². The Balaban J connectivity index is 2.28. The van der Waals surface area contributed by atoms with Crippen molar-refractivity contribution in [3.05, 3.63) is 52.3 Å². The number of nitrogens with one attached hydrogen (secondary N) is 1. The molecule has 0 saturated heterocycles. The number of nitrogens with zero attached hydrogens (tertiary/aromatic N) is 2. The fraction of sp³-hybridized carbons (Fsp3) is 0.143. The number of nitrogen functional groups attached to an aromatic ring is 1. The van der Waals surface area contributed by atoms with Crippen molar-refractivity contribution >= 4 is 11.3 Å². The monoisotopic (exact) mass is 254 g/mol. The molecule has 0 unspecified atom stereocenters. The molecule has 0 saturated carbocycles. The lowest BCUT2D eigenvalue weighted by atomic mass is 10.1.